The molecule has 150 valence electrons. The average Bonchev–Trinajstić information content (AvgIpc) is 3.19. The van der Waals surface area contributed by atoms with Crippen LogP contribution in [0.4, 0.5) is 0 Å². The first-order valence-corrected chi connectivity index (χ1v) is 10.4. The SMILES string of the molecule is COc1ccc(CN=C(NCCCCSC)NCCc2ccco2)cc1.I. The molecule has 0 bridgehead atoms. The molecule has 5 nitrogen and oxygen atoms in total. The normalized spacial score (nSPS) is 11.0. The second-order valence-corrected chi connectivity index (χ2v) is 6.88. The molecule has 0 amide bonds. The molecule has 2 rings (SSSR count). The molecule has 0 atom stereocenters. The van der Waals surface area contributed by atoms with Gasteiger partial charge in [0, 0.05) is 19.5 Å². The van der Waals surface area contributed by atoms with Crippen molar-refractivity contribution in [3.8, 4) is 5.75 Å². The minimum Gasteiger partial charge on any atom is -0.497 e. The lowest BCUT2D eigenvalue weighted by Gasteiger charge is -2.12. The summed E-state index contributed by atoms with van der Waals surface area (Å²) < 4.78 is 10.6. The molecule has 0 saturated heterocycles. The molecule has 1 aromatic heterocycles. The van der Waals surface area contributed by atoms with E-state index in [-0.39, 0.29) is 24.0 Å². The molecule has 0 aliphatic carbocycles. The average molecular weight is 503 g/mol. The van der Waals surface area contributed by atoms with Crippen molar-refractivity contribution in [3.63, 3.8) is 0 Å². The fourth-order valence-electron chi connectivity index (χ4n) is 2.41. The predicted molar refractivity (Wildman–Crippen MR) is 126 cm³/mol. The van der Waals surface area contributed by atoms with Crippen LogP contribution in [0, 0.1) is 0 Å². The Labute approximate surface area is 183 Å². The Morgan fingerprint density at radius 1 is 1.11 bits per heavy atom. The smallest absolute Gasteiger partial charge is 0.191 e. The summed E-state index contributed by atoms with van der Waals surface area (Å²) in [5.41, 5.74) is 1.15. The summed E-state index contributed by atoms with van der Waals surface area (Å²) in [7, 11) is 1.68. The Kier molecular flexibility index (Phi) is 12.9. The zero-order chi connectivity index (χ0) is 18.5. The van der Waals surface area contributed by atoms with Crippen LogP contribution in [-0.2, 0) is 13.0 Å². The molecule has 0 radical (unpaired) electrons. The van der Waals surface area contributed by atoms with Crippen LogP contribution >= 0.6 is 35.7 Å². The first-order chi connectivity index (χ1) is 12.8. The number of hydrogen-bond acceptors (Lipinski definition) is 4. The van der Waals surface area contributed by atoms with Gasteiger partial charge in [-0.25, -0.2) is 4.99 Å². The van der Waals surface area contributed by atoms with Crippen molar-refractivity contribution in [2.75, 3.05) is 32.2 Å². The Hall–Kier alpha value is -1.35. The van der Waals surface area contributed by atoms with Crippen molar-refractivity contribution in [2.24, 2.45) is 4.99 Å². The van der Waals surface area contributed by atoms with Crippen molar-refractivity contribution in [1.29, 1.82) is 0 Å². The Bertz CT molecular complexity index is 633. The highest BCUT2D eigenvalue weighted by Gasteiger charge is 2.01. The van der Waals surface area contributed by atoms with E-state index < -0.39 is 0 Å². The van der Waals surface area contributed by atoms with Crippen molar-refractivity contribution in [3.05, 3.63) is 54.0 Å². The number of aliphatic imine (C=N–C) groups is 1. The monoisotopic (exact) mass is 503 g/mol. The molecule has 0 fully saturated rings. The summed E-state index contributed by atoms with van der Waals surface area (Å²) in [4.78, 5) is 4.70. The number of unbranched alkanes of at least 4 members (excludes halogenated alkanes) is 1. The Balaban J connectivity index is 0.00000364. The molecule has 2 N–H and O–H groups in total. The summed E-state index contributed by atoms with van der Waals surface area (Å²) >= 11 is 1.89. The topological polar surface area (TPSA) is 58.8 Å². The highest BCUT2D eigenvalue weighted by molar-refractivity contribution is 14.0. The van der Waals surface area contributed by atoms with Gasteiger partial charge < -0.3 is 19.8 Å². The van der Waals surface area contributed by atoms with Gasteiger partial charge in [0.2, 0.25) is 0 Å². The molecular weight excluding hydrogens is 473 g/mol. The zero-order valence-corrected chi connectivity index (χ0v) is 19.2. The second kappa shape index (κ2) is 14.7. The second-order valence-electron chi connectivity index (χ2n) is 5.90. The molecule has 0 spiro atoms. The third-order valence-electron chi connectivity index (χ3n) is 3.89. The number of furan rings is 1. The van der Waals surface area contributed by atoms with Crippen LogP contribution in [0.15, 0.2) is 52.1 Å². The van der Waals surface area contributed by atoms with Crippen LogP contribution in [0.5, 0.6) is 5.75 Å². The van der Waals surface area contributed by atoms with E-state index in [4.69, 9.17) is 14.1 Å². The summed E-state index contributed by atoms with van der Waals surface area (Å²) in [6, 6.07) is 11.9. The molecule has 0 unspecified atom stereocenters. The third kappa shape index (κ3) is 9.95. The summed E-state index contributed by atoms with van der Waals surface area (Å²) in [5.74, 6) is 3.89. The number of rotatable bonds is 11. The van der Waals surface area contributed by atoms with Crippen molar-refractivity contribution in [1.82, 2.24) is 10.6 Å². The lowest BCUT2D eigenvalue weighted by atomic mass is 10.2. The molecular formula is C20H30IN3O2S. The van der Waals surface area contributed by atoms with Crippen LogP contribution in [0.1, 0.15) is 24.2 Å². The van der Waals surface area contributed by atoms with Gasteiger partial charge in [0.05, 0.1) is 19.9 Å². The van der Waals surface area contributed by atoms with Gasteiger partial charge in [-0.05, 0) is 54.7 Å². The molecule has 27 heavy (non-hydrogen) atoms. The van der Waals surface area contributed by atoms with E-state index in [1.54, 1.807) is 13.4 Å². The van der Waals surface area contributed by atoms with Crippen LogP contribution in [0.3, 0.4) is 0 Å². The molecule has 0 saturated carbocycles. The highest BCUT2D eigenvalue weighted by atomic mass is 127. The van der Waals surface area contributed by atoms with Gasteiger partial charge in [-0.1, -0.05) is 12.1 Å². The summed E-state index contributed by atoms with van der Waals surface area (Å²) in [6.45, 7) is 2.34. The fourth-order valence-corrected chi connectivity index (χ4v) is 2.91. The number of halogens is 1. The van der Waals surface area contributed by atoms with Crippen LogP contribution < -0.4 is 15.4 Å². The van der Waals surface area contributed by atoms with Gasteiger partial charge in [-0.3, -0.25) is 0 Å². The zero-order valence-electron chi connectivity index (χ0n) is 16.1. The van der Waals surface area contributed by atoms with E-state index in [1.807, 2.05) is 48.2 Å². The molecule has 0 aliphatic rings. The van der Waals surface area contributed by atoms with Gasteiger partial charge >= 0.3 is 0 Å². The number of nitrogens with zero attached hydrogens (tertiary/aromatic N) is 1. The van der Waals surface area contributed by atoms with E-state index in [9.17, 15) is 0 Å². The van der Waals surface area contributed by atoms with Crippen molar-refractivity contribution < 1.29 is 9.15 Å². The van der Waals surface area contributed by atoms with Gasteiger partial charge in [0.1, 0.15) is 11.5 Å². The predicted octanol–water partition coefficient (Wildman–Crippen LogP) is 4.33. The van der Waals surface area contributed by atoms with Crippen LogP contribution in [-0.4, -0.2) is 38.2 Å². The number of benzene rings is 1. The van der Waals surface area contributed by atoms with Crippen molar-refractivity contribution in [2.45, 2.75) is 25.8 Å². The first kappa shape index (κ1) is 23.7. The van der Waals surface area contributed by atoms with Gasteiger partial charge in [0.25, 0.3) is 0 Å². The minimum absolute atomic E-state index is 0. The highest BCUT2D eigenvalue weighted by Crippen LogP contribution is 2.11. The third-order valence-corrected chi connectivity index (χ3v) is 4.59. The van der Waals surface area contributed by atoms with E-state index in [1.165, 1.54) is 12.2 Å². The van der Waals surface area contributed by atoms with E-state index in [0.29, 0.717) is 6.54 Å². The van der Waals surface area contributed by atoms with E-state index >= 15 is 0 Å². The number of hydrogen-bond donors (Lipinski definition) is 2. The summed E-state index contributed by atoms with van der Waals surface area (Å²) in [6.07, 6.45) is 7.04. The molecule has 7 heteroatoms. The fraction of sp³-hybridized carbons (Fsp3) is 0.450. The maximum absolute atomic E-state index is 5.38. The lowest BCUT2D eigenvalue weighted by Crippen LogP contribution is -2.39. The number of methoxy groups -OCH3 is 1. The lowest BCUT2D eigenvalue weighted by molar-refractivity contribution is 0.414. The molecule has 1 heterocycles. The number of ether oxygens (including phenoxy) is 1. The minimum atomic E-state index is 0. The number of nitrogens with one attached hydrogen (secondary N) is 2. The van der Waals surface area contributed by atoms with Crippen molar-refractivity contribution >= 4 is 41.7 Å². The largest absolute Gasteiger partial charge is 0.497 e. The number of thioether (sulfide) groups is 1. The Morgan fingerprint density at radius 2 is 1.89 bits per heavy atom. The van der Waals surface area contributed by atoms with E-state index in [0.717, 1.165) is 49.0 Å². The quantitative estimate of drug-likeness (QED) is 0.207. The maximum atomic E-state index is 5.38. The Morgan fingerprint density at radius 3 is 2.56 bits per heavy atom. The van der Waals surface area contributed by atoms with E-state index in [2.05, 4.69) is 16.9 Å². The molecule has 0 aliphatic heterocycles. The van der Waals surface area contributed by atoms with Crippen LogP contribution in [0.25, 0.3) is 0 Å². The molecule has 2 aromatic rings. The first-order valence-electron chi connectivity index (χ1n) is 8.98. The van der Waals surface area contributed by atoms with Gasteiger partial charge in [-0.15, -0.1) is 24.0 Å². The maximum Gasteiger partial charge on any atom is 0.191 e. The molecule has 1 aromatic carbocycles. The number of guanidine groups is 1. The van der Waals surface area contributed by atoms with Gasteiger partial charge in [-0.2, -0.15) is 11.8 Å². The summed E-state index contributed by atoms with van der Waals surface area (Å²) in [5, 5.41) is 6.82. The van der Waals surface area contributed by atoms with Crippen LogP contribution in [0.2, 0.25) is 0 Å². The standard InChI is InChI=1S/C20H29N3O2S.HI/c1-24-18-9-7-17(8-10-18)16-23-20(21-12-3-4-15-26-2)22-13-11-19-6-5-14-25-19;/h5-10,14H,3-4,11-13,15-16H2,1-2H3,(H2,21,22,23);1H. The van der Waals surface area contributed by atoms with Gasteiger partial charge in [0.15, 0.2) is 5.96 Å².